The third kappa shape index (κ3) is 5.47. The van der Waals surface area contributed by atoms with Gasteiger partial charge in [-0.05, 0) is 34.3 Å². The maximum Gasteiger partial charge on any atom is 0.261 e. The highest BCUT2D eigenvalue weighted by atomic mass is 28.4. The molecule has 3 aromatic rings. The first-order valence-corrected chi connectivity index (χ1v) is 14.1. The van der Waals surface area contributed by atoms with E-state index in [9.17, 15) is 0 Å². The van der Waals surface area contributed by atoms with E-state index in [0.29, 0.717) is 6.04 Å². The molecule has 1 aliphatic heterocycles. The van der Waals surface area contributed by atoms with Crippen LogP contribution in [0.5, 0.6) is 0 Å². The van der Waals surface area contributed by atoms with E-state index < -0.39 is 8.32 Å². The van der Waals surface area contributed by atoms with Crippen molar-refractivity contribution in [1.82, 2.24) is 10.2 Å². The molecule has 33 heavy (non-hydrogen) atoms. The second kappa shape index (κ2) is 10.4. The quantitative estimate of drug-likeness (QED) is 0.496. The number of rotatable bonds is 8. The van der Waals surface area contributed by atoms with E-state index in [1.807, 2.05) is 0 Å². The van der Waals surface area contributed by atoms with Gasteiger partial charge in [0.1, 0.15) is 0 Å². The predicted octanol–water partition coefficient (Wildman–Crippen LogP) is 4.69. The number of hydrogen-bond donors (Lipinski definition) is 1. The number of aryl methyl sites for hydroxylation is 1. The Hall–Kier alpha value is -2.24. The van der Waals surface area contributed by atoms with E-state index in [0.717, 1.165) is 32.8 Å². The Balaban J connectivity index is 1.45. The smallest absolute Gasteiger partial charge is 0.261 e. The average Bonchev–Trinajstić information content (AvgIpc) is 3.26. The summed E-state index contributed by atoms with van der Waals surface area (Å²) in [5.74, 6) is 0. The maximum absolute atomic E-state index is 7.08. The van der Waals surface area contributed by atoms with Crippen LogP contribution < -0.4 is 15.7 Å². The highest BCUT2D eigenvalue weighted by Crippen LogP contribution is 2.36. The van der Waals surface area contributed by atoms with Crippen LogP contribution in [0.1, 0.15) is 38.3 Å². The number of benzene rings is 3. The molecule has 1 saturated heterocycles. The lowest BCUT2D eigenvalue weighted by Gasteiger charge is -2.43. The van der Waals surface area contributed by atoms with Crippen molar-refractivity contribution in [3.05, 3.63) is 96.1 Å². The molecule has 0 amide bonds. The Morgan fingerprint density at radius 3 is 2.00 bits per heavy atom. The fourth-order valence-corrected chi connectivity index (χ4v) is 9.66. The Kier molecular flexibility index (Phi) is 7.50. The SMILES string of the molecule is Cc1ccc(CN2CNC(CCO[Si](c3ccccc3)(c3ccccc3)C(C)(C)C)C2)cc1. The van der Waals surface area contributed by atoms with Gasteiger partial charge < -0.3 is 9.74 Å². The molecule has 1 fully saturated rings. The Morgan fingerprint density at radius 1 is 0.879 bits per heavy atom. The zero-order chi connectivity index (χ0) is 23.3. The van der Waals surface area contributed by atoms with Gasteiger partial charge in [0.15, 0.2) is 0 Å². The van der Waals surface area contributed by atoms with Crippen LogP contribution in [0.2, 0.25) is 5.04 Å². The van der Waals surface area contributed by atoms with Crippen LogP contribution in [0.15, 0.2) is 84.9 Å². The lowest BCUT2D eigenvalue weighted by atomic mass is 10.1. The van der Waals surface area contributed by atoms with E-state index in [4.69, 9.17) is 4.43 Å². The van der Waals surface area contributed by atoms with Crippen LogP contribution in [0.4, 0.5) is 0 Å². The largest absolute Gasteiger partial charge is 0.407 e. The molecule has 4 rings (SSSR count). The van der Waals surface area contributed by atoms with Crippen LogP contribution in [0, 0.1) is 6.92 Å². The molecule has 1 unspecified atom stereocenters. The molecule has 1 N–H and O–H groups in total. The van der Waals surface area contributed by atoms with Gasteiger partial charge >= 0.3 is 0 Å². The molecule has 0 aromatic heterocycles. The highest BCUT2D eigenvalue weighted by molar-refractivity contribution is 6.99. The van der Waals surface area contributed by atoms with Gasteiger partial charge in [-0.1, -0.05) is 111 Å². The van der Waals surface area contributed by atoms with Crippen LogP contribution in [-0.4, -0.2) is 39.1 Å². The molecular formula is C29H38N2OSi. The normalized spacial score (nSPS) is 17.4. The summed E-state index contributed by atoms with van der Waals surface area (Å²) in [7, 11) is -2.45. The topological polar surface area (TPSA) is 24.5 Å². The molecule has 3 nitrogen and oxygen atoms in total. The Bertz CT molecular complexity index is 960. The van der Waals surface area contributed by atoms with Crippen molar-refractivity contribution in [1.29, 1.82) is 0 Å². The summed E-state index contributed by atoms with van der Waals surface area (Å²) in [6.45, 7) is 12.9. The second-order valence-corrected chi connectivity index (χ2v) is 14.7. The highest BCUT2D eigenvalue weighted by Gasteiger charge is 2.50. The van der Waals surface area contributed by atoms with Gasteiger partial charge in [0.25, 0.3) is 8.32 Å². The van der Waals surface area contributed by atoms with E-state index in [1.165, 1.54) is 21.5 Å². The fourth-order valence-electron chi connectivity index (χ4n) is 5.08. The first-order valence-electron chi connectivity index (χ1n) is 12.1. The molecule has 0 radical (unpaired) electrons. The Morgan fingerprint density at radius 2 is 1.45 bits per heavy atom. The summed E-state index contributed by atoms with van der Waals surface area (Å²) < 4.78 is 7.08. The lowest BCUT2D eigenvalue weighted by molar-refractivity contribution is 0.271. The lowest BCUT2D eigenvalue weighted by Crippen LogP contribution is -2.66. The first kappa shape index (κ1) is 23.9. The predicted molar refractivity (Wildman–Crippen MR) is 142 cm³/mol. The second-order valence-electron chi connectivity index (χ2n) is 10.4. The zero-order valence-electron chi connectivity index (χ0n) is 20.6. The molecule has 0 aliphatic carbocycles. The summed E-state index contributed by atoms with van der Waals surface area (Å²) in [4.78, 5) is 2.50. The maximum atomic E-state index is 7.08. The third-order valence-electron chi connectivity index (χ3n) is 6.81. The van der Waals surface area contributed by atoms with Gasteiger partial charge in [-0.3, -0.25) is 4.90 Å². The number of nitrogens with zero attached hydrogens (tertiary/aromatic N) is 1. The Labute approximate surface area is 200 Å². The van der Waals surface area contributed by atoms with Gasteiger partial charge in [-0.25, -0.2) is 0 Å². The van der Waals surface area contributed by atoms with Crippen molar-refractivity contribution < 1.29 is 4.43 Å². The summed E-state index contributed by atoms with van der Waals surface area (Å²) in [6.07, 6.45) is 1.02. The minimum absolute atomic E-state index is 0.0241. The molecule has 1 heterocycles. The van der Waals surface area contributed by atoms with Crippen molar-refractivity contribution in [3.63, 3.8) is 0 Å². The monoisotopic (exact) mass is 458 g/mol. The van der Waals surface area contributed by atoms with Gasteiger partial charge in [0.05, 0.1) is 0 Å². The van der Waals surface area contributed by atoms with Gasteiger partial charge in [-0.15, -0.1) is 0 Å². The number of nitrogens with one attached hydrogen (secondary N) is 1. The molecule has 1 atom stereocenters. The van der Waals surface area contributed by atoms with Crippen LogP contribution >= 0.6 is 0 Å². The fraction of sp³-hybridized carbons (Fsp3) is 0.379. The molecule has 1 aliphatic rings. The molecule has 0 bridgehead atoms. The standard InChI is InChI=1S/C29H38N2OSi/c1-24-15-17-25(18-16-24)21-31-22-26(30-23-31)19-20-32-33(29(2,3)4,27-11-7-5-8-12-27)28-13-9-6-10-14-28/h5-18,26,30H,19-23H2,1-4H3. The van der Waals surface area contributed by atoms with E-state index in [1.54, 1.807) is 0 Å². The van der Waals surface area contributed by atoms with Crippen LogP contribution in [0.25, 0.3) is 0 Å². The molecular weight excluding hydrogens is 420 g/mol. The van der Waals surface area contributed by atoms with E-state index in [2.05, 4.69) is 123 Å². The molecule has 0 saturated carbocycles. The summed E-state index contributed by atoms with van der Waals surface area (Å²) >= 11 is 0. The minimum Gasteiger partial charge on any atom is -0.407 e. The van der Waals surface area contributed by atoms with Crippen molar-refractivity contribution in [3.8, 4) is 0 Å². The number of hydrogen-bond acceptors (Lipinski definition) is 3. The van der Waals surface area contributed by atoms with Crippen molar-refractivity contribution >= 4 is 18.7 Å². The van der Waals surface area contributed by atoms with Crippen molar-refractivity contribution in [2.45, 2.75) is 51.7 Å². The van der Waals surface area contributed by atoms with Crippen LogP contribution in [0.3, 0.4) is 0 Å². The summed E-state index contributed by atoms with van der Waals surface area (Å²) in [5, 5.41) is 6.43. The zero-order valence-corrected chi connectivity index (χ0v) is 21.6. The summed E-state index contributed by atoms with van der Waals surface area (Å²) in [5.41, 5.74) is 2.70. The van der Waals surface area contributed by atoms with Gasteiger partial charge in [0, 0.05) is 32.4 Å². The molecule has 0 spiro atoms. The molecule has 174 valence electrons. The molecule has 4 heteroatoms. The van der Waals surface area contributed by atoms with E-state index >= 15 is 0 Å². The first-order chi connectivity index (χ1) is 15.9. The van der Waals surface area contributed by atoms with Crippen molar-refractivity contribution in [2.75, 3.05) is 19.8 Å². The van der Waals surface area contributed by atoms with Crippen LogP contribution in [-0.2, 0) is 11.0 Å². The third-order valence-corrected chi connectivity index (χ3v) is 11.9. The van der Waals surface area contributed by atoms with Gasteiger partial charge in [-0.2, -0.15) is 0 Å². The van der Waals surface area contributed by atoms with Gasteiger partial charge in [0.2, 0.25) is 0 Å². The molecule has 3 aromatic carbocycles. The minimum atomic E-state index is -2.45. The average molecular weight is 459 g/mol. The summed E-state index contributed by atoms with van der Waals surface area (Å²) in [6, 6.07) is 31.2. The van der Waals surface area contributed by atoms with Crippen molar-refractivity contribution in [2.24, 2.45) is 0 Å². The van der Waals surface area contributed by atoms with E-state index in [-0.39, 0.29) is 5.04 Å².